The van der Waals surface area contributed by atoms with E-state index in [1.165, 1.54) is 0 Å². The highest BCUT2D eigenvalue weighted by Crippen LogP contribution is 2.13. The second-order valence-electron chi connectivity index (χ2n) is 3.80. The Morgan fingerprint density at radius 2 is 2.07 bits per heavy atom. The third-order valence-corrected chi connectivity index (χ3v) is 2.40. The van der Waals surface area contributed by atoms with Gasteiger partial charge < -0.3 is 15.6 Å². The molecule has 0 aromatic carbocycles. The molecule has 3 atom stereocenters. The molecule has 5 heteroatoms. The zero-order valence-corrected chi connectivity index (χ0v) is 8.64. The maximum absolute atomic E-state index is 10.9. The Balaban J connectivity index is 2.61. The van der Waals surface area contributed by atoms with Gasteiger partial charge in [0, 0.05) is 19.6 Å². The Morgan fingerprint density at radius 3 is 2.43 bits per heavy atom. The molecule has 0 saturated carbocycles. The summed E-state index contributed by atoms with van der Waals surface area (Å²) < 4.78 is 5.52. The fourth-order valence-electron chi connectivity index (χ4n) is 1.88. The third-order valence-electron chi connectivity index (χ3n) is 2.40. The molecule has 3 N–H and O–H groups in total. The maximum atomic E-state index is 10.9. The topological polar surface area (TPSA) is 75.8 Å². The first kappa shape index (κ1) is 11.4. The SMILES string of the molecule is C[C@@H]1CN(C(CN)C(=O)O)C[C@H](C)O1. The van der Waals surface area contributed by atoms with Crippen LogP contribution >= 0.6 is 0 Å². The number of hydrogen-bond donors (Lipinski definition) is 2. The van der Waals surface area contributed by atoms with Gasteiger partial charge in [-0.1, -0.05) is 0 Å². The molecule has 1 aliphatic heterocycles. The lowest BCUT2D eigenvalue weighted by Crippen LogP contribution is -2.55. The number of ether oxygens (including phenoxy) is 1. The number of aliphatic carboxylic acids is 1. The van der Waals surface area contributed by atoms with E-state index in [1.807, 2.05) is 18.7 Å². The van der Waals surface area contributed by atoms with Crippen LogP contribution in [0, 0.1) is 0 Å². The van der Waals surface area contributed by atoms with Gasteiger partial charge in [-0.3, -0.25) is 9.69 Å². The van der Waals surface area contributed by atoms with E-state index in [4.69, 9.17) is 15.6 Å². The number of hydrogen-bond acceptors (Lipinski definition) is 4. The van der Waals surface area contributed by atoms with E-state index in [2.05, 4.69) is 0 Å². The summed E-state index contributed by atoms with van der Waals surface area (Å²) in [6.07, 6.45) is 0.152. The molecule has 1 aliphatic rings. The second kappa shape index (κ2) is 4.72. The van der Waals surface area contributed by atoms with Crippen LogP contribution in [0.3, 0.4) is 0 Å². The van der Waals surface area contributed by atoms with Crippen LogP contribution in [0.15, 0.2) is 0 Å². The highest BCUT2D eigenvalue weighted by molar-refractivity contribution is 5.73. The molecule has 1 unspecified atom stereocenters. The Morgan fingerprint density at radius 1 is 1.57 bits per heavy atom. The van der Waals surface area contributed by atoms with E-state index in [9.17, 15) is 4.79 Å². The number of carboxylic acid groups (broad SMARTS) is 1. The summed E-state index contributed by atoms with van der Waals surface area (Å²) in [6.45, 7) is 5.31. The normalized spacial score (nSPS) is 31.4. The largest absolute Gasteiger partial charge is 0.480 e. The average molecular weight is 202 g/mol. The fraction of sp³-hybridized carbons (Fsp3) is 0.889. The van der Waals surface area contributed by atoms with Crippen molar-refractivity contribution in [2.24, 2.45) is 5.73 Å². The van der Waals surface area contributed by atoms with Gasteiger partial charge in [-0.25, -0.2) is 0 Å². The Labute approximate surface area is 83.8 Å². The minimum absolute atomic E-state index is 0.0761. The van der Waals surface area contributed by atoms with Gasteiger partial charge in [-0.2, -0.15) is 0 Å². The van der Waals surface area contributed by atoms with E-state index in [0.717, 1.165) is 0 Å². The average Bonchev–Trinajstić information content (AvgIpc) is 2.02. The van der Waals surface area contributed by atoms with Crippen molar-refractivity contribution in [3.05, 3.63) is 0 Å². The van der Waals surface area contributed by atoms with E-state index < -0.39 is 12.0 Å². The van der Waals surface area contributed by atoms with Crippen LogP contribution in [0.2, 0.25) is 0 Å². The van der Waals surface area contributed by atoms with E-state index >= 15 is 0 Å². The Hall–Kier alpha value is -0.650. The first-order chi connectivity index (χ1) is 6.54. The highest BCUT2D eigenvalue weighted by atomic mass is 16.5. The van der Waals surface area contributed by atoms with Crippen LogP contribution in [-0.4, -0.2) is 53.9 Å². The van der Waals surface area contributed by atoms with Gasteiger partial charge in [0.05, 0.1) is 12.2 Å². The zero-order chi connectivity index (χ0) is 10.7. The number of rotatable bonds is 3. The van der Waals surface area contributed by atoms with Crippen LogP contribution in [-0.2, 0) is 9.53 Å². The third kappa shape index (κ3) is 2.67. The molecule has 0 amide bonds. The summed E-state index contributed by atoms with van der Waals surface area (Å²) in [7, 11) is 0. The molecule has 1 saturated heterocycles. The number of carbonyl (C=O) groups is 1. The summed E-state index contributed by atoms with van der Waals surface area (Å²) in [5.41, 5.74) is 5.43. The van der Waals surface area contributed by atoms with Crippen LogP contribution in [0.1, 0.15) is 13.8 Å². The molecule has 0 aliphatic carbocycles. The van der Waals surface area contributed by atoms with Crippen molar-refractivity contribution >= 4 is 5.97 Å². The number of carboxylic acids is 1. The zero-order valence-electron chi connectivity index (χ0n) is 8.64. The molecule has 1 heterocycles. The fourth-order valence-corrected chi connectivity index (χ4v) is 1.88. The van der Waals surface area contributed by atoms with Gasteiger partial charge in [0.25, 0.3) is 0 Å². The van der Waals surface area contributed by atoms with Crippen LogP contribution < -0.4 is 5.73 Å². The first-order valence-corrected chi connectivity index (χ1v) is 4.87. The lowest BCUT2D eigenvalue weighted by atomic mass is 10.1. The summed E-state index contributed by atoms with van der Waals surface area (Å²) in [5, 5.41) is 8.94. The molecule has 14 heavy (non-hydrogen) atoms. The Bertz CT molecular complexity index is 200. The van der Waals surface area contributed by atoms with Crippen molar-refractivity contribution in [2.45, 2.75) is 32.1 Å². The van der Waals surface area contributed by atoms with Crippen molar-refractivity contribution in [2.75, 3.05) is 19.6 Å². The standard InChI is InChI=1S/C9H18N2O3/c1-6-4-11(5-7(2)14-6)8(3-10)9(12)13/h6-8H,3-5,10H2,1-2H3,(H,12,13)/t6-,7+,8?. The van der Waals surface area contributed by atoms with Crippen LogP contribution in [0.25, 0.3) is 0 Å². The Kier molecular flexibility index (Phi) is 3.86. The predicted molar refractivity (Wildman–Crippen MR) is 52.1 cm³/mol. The number of nitrogens with two attached hydrogens (primary N) is 1. The van der Waals surface area contributed by atoms with E-state index in [0.29, 0.717) is 13.1 Å². The molecule has 0 spiro atoms. The van der Waals surface area contributed by atoms with Gasteiger partial charge in [-0.15, -0.1) is 0 Å². The van der Waals surface area contributed by atoms with E-state index in [-0.39, 0.29) is 18.8 Å². The molecule has 0 aromatic rings. The minimum Gasteiger partial charge on any atom is -0.480 e. The van der Waals surface area contributed by atoms with Gasteiger partial charge in [0.1, 0.15) is 6.04 Å². The lowest BCUT2D eigenvalue weighted by Gasteiger charge is -2.38. The van der Waals surface area contributed by atoms with Gasteiger partial charge in [-0.05, 0) is 13.8 Å². The summed E-state index contributed by atoms with van der Waals surface area (Å²) in [4.78, 5) is 12.8. The van der Waals surface area contributed by atoms with Gasteiger partial charge in [0.2, 0.25) is 0 Å². The van der Waals surface area contributed by atoms with Crippen molar-refractivity contribution in [3.63, 3.8) is 0 Å². The van der Waals surface area contributed by atoms with Crippen LogP contribution in [0.4, 0.5) is 0 Å². The smallest absolute Gasteiger partial charge is 0.322 e. The molecule has 1 fully saturated rings. The van der Waals surface area contributed by atoms with Gasteiger partial charge >= 0.3 is 5.97 Å². The molecule has 0 aromatic heterocycles. The molecule has 82 valence electrons. The molecule has 5 nitrogen and oxygen atoms in total. The summed E-state index contributed by atoms with van der Waals surface area (Å²) >= 11 is 0. The summed E-state index contributed by atoms with van der Waals surface area (Å²) in [6, 6.07) is -0.580. The van der Waals surface area contributed by atoms with Crippen molar-refractivity contribution in [1.82, 2.24) is 4.90 Å². The first-order valence-electron chi connectivity index (χ1n) is 4.87. The highest BCUT2D eigenvalue weighted by Gasteiger charge is 2.30. The molecule has 0 radical (unpaired) electrons. The monoisotopic (exact) mass is 202 g/mol. The van der Waals surface area contributed by atoms with Crippen molar-refractivity contribution in [3.8, 4) is 0 Å². The molecule has 1 rings (SSSR count). The van der Waals surface area contributed by atoms with Crippen molar-refractivity contribution in [1.29, 1.82) is 0 Å². The lowest BCUT2D eigenvalue weighted by molar-refractivity contribution is -0.148. The maximum Gasteiger partial charge on any atom is 0.322 e. The number of nitrogens with zero attached hydrogens (tertiary/aromatic N) is 1. The molecule has 0 bridgehead atoms. The second-order valence-corrected chi connectivity index (χ2v) is 3.80. The van der Waals surface area contributed by atoms with E-state index in [1.54, 1.807) is 0 Å². The predicted octanol–water partition coefficient (Wildman–Crippen LogP) is -0.492. The quantitative estimate of drug-likeness (QED) is 0.645. The molecular weight excluding hydrogens is 184 g/mol. The number of morpholine rings is 1. The van der Waals surface area contributed by atoms with Gasteiger partial charge in [0.15, 0.2) is 0 Å². The minimum atomic E-state index is -0.853. The molecular formula is C9H18N2O3. The summed E-state index contributed by atoms with van der Waals surface area (Å²) in [5.74, 6) is -0.853. The van der Waals surface area contributed by atoms with Crippen molar-refractivity contribution < 1.29 is 14.6 Å². The van der Waals surface area contributed by atoms with Crippen LogP contribution in [0.5, 0.6) is 0 Å².